The first-order valence-electron chi connectivity index (χ1n) is 1.57. The molecule has 0 aromatic rings. The van der Waals surface area contributed by atoms with Crippen LogP contribution in [-0.2, 0) is 9.13 Å². The van der Waals surface area contributed by atoms with Crippen molar-refractivity contribution in [2.24, 2.45) is 0 Å². The fourth-order valence-corrected chi connectivity index (χ4v) is 0. The monoisotopic (exact) mass is 360 g/mol. The third-order valence-corrected chi connectivity index (χ3v) is 0. The van der Waals surface area contributed by atoms with Crippen LogP contribution in [0.5, 0.6) is 0 Å². The van der Waals surface area contributed by atoms with Crippen LogP contribution in [-0.4, -0.2) is 144 Å². The Morgan fingerprint density at radius 3 is 0.625 bits per heavy atom. The first kappa shape index (κ1) is 50.6. The Morgan fingerprint density at radius 1 is 0.625 bits per heavy atom. The Balaban J connectivity index is -0.00000000314. The molecule has 16 heavy (non-hydrogen) atoms. The van der Waals surface area contributed by atoms with Gasteiger partial charge in [0.15, 0.2) is 0 Å². The van der Waals surface area contributed by atoms with Crippen LogP contribution < -0.4 is 0 Å². The van der Waals surface area contributed by atoms with Crippen molar-refractivity contribution in [2.45, 2.75) is 0 Å². The van der Waals surface area contributed by atoms with Gasteiger partial charge in [-0.15, -0.1) is 0 Å². The van der Waals surface area contributed by atoms with Gasteiger partial charge in [-0.1, -0.05) is 0 Å². The van der Waals surface area contributed by atoms with E-state index in [4.69, 9.17) is 38.5 Å². The molecule has 0 saturated carbocycles. The van der Waals surface area contributed by atoms with E-state index < -0.39 is 15.6 Å². The van der Waals surface area contributed by atoms with Crippen molar-refractivity contribution in [1.29, 1.82) is 0 Å². The molecule has 100 valence electrons. The average molecular weight is 361 g/mol. The van der Waals surface area contributed by atoms with Gasteiger partial charge < -0.3 is 54.3 Å². The molecule has 0 heterocycles. The molecule has 0 aliphatic carbocycles. The molecule has 0 aliphatic rings. The van der Waals surface area contributed by atoms with Crippen molar-refractivity contribution in [2.75, 3.05) is 0 Å². The maximum absolute atomic E-state index is 8.88. The zero-order chi connectivity index (χ0) is 9.00. The normalized spacial score (nSPS) is 7.38. The van der Waals surface area contributed by atoms with Gasteiger partial charge in [-0.2, -0.15) is 0 Å². The Labute approximate surface area is 175 Å². The average Bonchev–Trinajstić information content (AvgIpc) is 1.12. The molecule has 0 unspecified atom stereocenters. The van der Waals surface area contributed by atoms with Gasteiger partial charge in [0.05, 0.1) is 0 Å². The minimum atomic E-state index is -4.64. The second-order valence-corrected chi connectivity index (χ2v) is 3.08. The van der Waals surface area contributed by atoms with E-state index >= 15 is 0 Å². The zero-order valence-electron chi connectivity index (χ0n) is 14.0. The molecule has 0 atom stereocenters. The number of hydrogen-bond acceptors (Lipinski definition) is 2. The summed E-state index contributed by atoms with van der Waals surface area (Å²) >= 11 is 0. The van der Waals surface area contributed by atoms with Gasteiger partial charge >= 0.3 is 114 Å². The summed E-state index contributed by atoms with van der Waals surface area (Å²) in [5, 5.41) is 0. The van der Waals surface area contributed by atoms with Crippen LogP contribution in [0.15, 0.2) is 0 Å². The van der Waals surface area contributed by atoms with Crippen molar-refractivity contribution in [1.82, 2.24) is 0 Å². The van der Waals surface area contributed by atoms with E-state index in [0.29, 0.717) is 0 Å². The van der Waals surface area contributed by atoms with Crippen molar-refractivity contribution in [3.05, 3.63) is 0 Å². The SMILES string of the molecule is O.O.O.O=P(O)(O)O.O=P(O)(O)O.[Ca+2].[Ca+2].[H-].[H-].[H-].[H-].[H-].[H-].[Mg+2]. The predicted octanol–water partition coefficient (Wildman–Crippen LogP) is -4.80. The van der Waals surface area contributed by atoms with Gasteiger partial charge in [-0.05, 0) is 0 Å². The molecule has 12 N–H and O–H groups in total. The third kappa shape index (κ3) is 407. The Hall–Kier alpha value is 3.39. The summed E-state index contributed by atoms with van der Waals surface area (Å²) in [5.41, 5.74) is 0. The number of hydrogen-bond donors (Lipinski definition) is 6. The van der Waals surface area contributed by atoms with Crippen LogP contribution in [0.3, 0.4) is 0 Å². The van der Waals surface area contributed by atoms with Gasteiger partial charge in [-0.25, -0.2) is 9.13 Å². The van der Waals surface area contributed by atoms with Gasteiger partial charge in [0.2, 0.25) is 0 Å². The molecule has 0 aromatic carbocycles. The molecule has 0 aliphatic heterocycles. The van der Waals surface area contributed by atoms with E-state index in [2.05, 4.69) is 0 Å². The Bertz CT molecular complexity index is 153. The van der Waals surface area contributed by atoms with Gasteiger partial charge in [0.1, 0.15) is 0 Å². The minimum Gasteiger partial charge on any atom is -1.00 e. The van der Waals surface area contributed by atoms with Crippen molar-refractivity contribution in [3.8, 4) is 0 Å². The summed E-state index contributed by atoms with van der Waals surface area (Å²) in [6.07, 6.45) is 0. The van der Waals surface area contributed by atoms with E-state index in [9.17, 15) is 0 Å². The summed E-state index contributed by atoms with van der Waals surface area (Å²) in [7, 11) is -9.28. The molecule has 0 rings (SSSR count). The zero-order valence-corrected chi connectivity index (χ0v) is 15.6. The van der Waals surface area contributed by atoms with Crippen molar-refractivity contribution >= 4 is 114 Å². The summed E-state index contributed by atoms with van der Waals surface area (Å²) < 4.78 is 17.8. The van der Waals surface area contributed by atoms with Crippen LogP contribution in [0.4, 0.5) is 0 Å². The van der Waals surface area contributed by atoms with E-state index in [1.165, 1.54) is 0 Å². The van der Waals surface area contributed by atoms with Gasteiger partial charge in [0, 0.05) is 0 Å². The topological polar surface area (TPSA) is 250 Å². The van der Waals surface area contributed by atoms with E-state index in [-0.39, 0.29) is 124 Å². The number of rotatable bonds is 0. The first-order valence-corrected chi connectivity index (χ1v) is 4.70. The Morgan fingerprint density at radius 2 is 0.625 bits per heavy atom. The Kier molecular flexibility index (Phi) is 74.2. The van der Waals surface area contributed by atoms with E-state index in [0.717, 1.165) is 0 Å². The van der Waals surface area contributed by atoms with Crippen LogP contribution in [0, 0.1) is 0 Å². The molecule has 0 spiro atoms. The maximum Gasteiger partial charge on any atom is 2.00 e. The van der Waals surface area contributed by atoms with Gasteiger partial charge in [-0.3, -0.25) is 0 Å². The molecule has 0 saturated heterocycles. The van der Waals surface area contributed by atoms with Crippen LogP contribution >= 0.6 is 15.6 Å². The summed E-state index contributed by atoms with van der Waals surface area (Å²) in [4.78, 5) is 43.1. The molecule has 0 bridgehead atoms. The van der Waals surface area contributed by atoms with Gasteiger partial charge in [0.25, 0.3) is 0 Å². The summed E-state index contributed by atoms with van der Waals surface area (Å²) in [5.74, 6) is 0. The molecule has 0 amide bonds. The summed E-state index contributed by atoms with van der Waals surface area (Å²) in [6, 6.07) is 0. The smallest absolute Gasteiger partial charge is 1.00 e. The fraction of sp³-hybridized carbons (Fsp3) is 0. The molecule has 11 nitrogen and oxygen atoms in total. The van der Waals surface area contributed by atoms with Crippen LogP contribution in [0.2, 0.25) is 0 Å². The molecule has 0 fully saturated rings. The maximum atomic E-state index is 8.88. The quantitative estimate of drug-likeness (QED) is 0.180. The molecular weight excluding hydrogens is 342 g/mol. The minimum absolute atomic E-state index is 0. The molecule has 0 radical (unpaired) electrons. The molecular formula is H18Ca2MgO11P2. The molecule has 16 heteroatoms. The standard InChI is InChI=1S/2Ca.Mg.2H3O4P.3H2O.6H/c;;;2*1-5(2,3)4;;;;;;;;;/h;;;2*(H3,1,2,3,4);3*1H2;;;;;;/q3*+2;;;;;;6*-1. The van der Waals surface area contributed by atoms with E-state index in [1.54, 1.807) is 0 Å². The van der Waals surface area contributed by atoms with Crippen LogP contribution in [0.1, 0.15) is 8.56 Å². The predicted molar refractivity (Wildman–Crippen MR) is 63.3 cm³/mol. The van der Waals surface area contributed by atoms with Crippen molar-refractivity contribution in [3.63, 3.8) is 0 Å². The van der Waals surface area contributed by atoms with Crippen LogP contribution in [0.25, 0.3) is 0 Å². The largest absolute Gasteiger partial charge is 2.00 e. The second-order valence-electron chi connectivity index (χ2n) is 1.03. The van der Waals surface area contributed by atoms with E-state index in [1.807, 2.05) is 0 Å². The first-order chi connectivity index (χ1) is 4.00. The summed E-state index contributed by atoms with van der Waals surface area (Å²) in [6.45, 7) is 0. The number of phosphoric acid groups is 2. The van der Waals surface area contributed by atoms with Crippen molar-refractivity contribution < 1.29 is 63.5 Å². The molecule has 0 aromatic heterocycles. The fourth-order valence-electron chi connectivity index (χ4n) is 0. The second kappa shape index (κ2) is 23.5. The third-order valence-electron chi connectivity index (χ3n) is 0.